The molecule has 1 fully saturated rings. The number of hydrogen-bond donors (Lipinski definition) is 2. The summed E-state index contributed by atoms with van der Waals surface area (Å²) in [7, 11) is 1.77. The topological polar surface area (TPSA) is 86.4 Å². The van der Waals surface area contributed by atoms with Crippen LogP contribution < -0.4 is 16.2 Å². The molecular formula is C25H26F3N4O-. The number of aliphatic imine (C=N–C) groups is 1. The summed E-state index contributed by atoms with van der Waals surface area (Å²) in [6, 6.07) is 11.5. The molecule has 33 heavy (non-hydrogen) atoms. The molecule has 3 N–H and O–H groups in total. The third kappa shape index (κ3) is 4.60. The van der Waals surface area contributed by atoms with Gasteiger partial charge in [0.25, 0.3) is 0 Å². The number of para-hydroxylation sites is 1. The van der Waals surface area contributed by atoms with Crippen molar-refractivity contribution < 1.29 is 18.3 Å². The minimum Gasteiger partial charge on any atom is -0.858 e. The number of aryl methyl sites for hydroxylation is 1. The first-order chi connectivity index (χ1) is 15.7. The number of halogens is 3. The molecule has 1 aliphatic rings. The highest BCUT2D eigenvalue weighted by Crippen LogP contribution is 2.42. The first-order valence-corrected chi connectivity index (χ1v) is 11.0. The average Bonchev–Trinajstić information content (AvgIpc) is 2.79. The number of benzene rings is 2. The molecule has 0 bridgehead atoms. The van der Waals surface area contributed by atoms with E-state index in [2.05, 4.69) is 15.3 Å². The standard InChI is InChI=1S/C25H27F3N4O/c1-14-7-12-20-23(18(29)13-21(32-20)25(26,27)28)22(14)15-8-10-16(11-9-15)31-24(33)17-5-3-4-6-19(17)30-2/h3-7,12-13,15-16,30H,8-11H2,1-2H3,(H2,29,32)(H,31,33)/p-1. The van der Waals surface area contributed by atoms with Crippen LogP contribution in [0.2, 0.25) is 0 Å². The second-order valence-electron chi connectivity index (χ2n) is 8.52. The number of nitrogen functional groups attached to an aromatic ring is 1. The number of pyridine rings is 1. The minimum atomic E-state index is -4.55. The summed E-state index contributed by atoms with van der Waals surface area (Å²) in [6.45, 7) is 1.94. The Labute approximate surface area is 190 Å². The van der Waals surface area contributed by atoms with Crippen molar-refractivity contribution in [3.05, 3.63) is 64.8 Å². The van der Waals surface area contributed by atoms with Gasteiger partial charge in [0.2, 0.25) is 0 Å². The Kier molecular flexibility index (Phi) is 6.19. The van der Waals surface area contributed by atoms with Gasteiger partial charge in [-0.25, -0.2) is 4.98 Å². The van der Waals surface area contributed by atoms with Crippen LogP contribution in [0, 0.1) is 6.92 Å². The van der Waals surface area contributed by atoms with E-state index in [0.717, 1.165) is 48.6 Å². The molecule has 8 heteroatoms. The molecule has 1 aromatic heterocycles. The fourth-order valence-electron chi connectivity index (χ4n) is 4.78. The molecule has 0 radical (unpaired) electrons. The molecular weight excluding hydrogens is 429 g/mol. The molecule has 0 amide bonds. The SMILES string of the molecule is CNc1ccccc1C([O-])=NC1CCC(c2c(C)ccc3nc(C(F)(F)F)cc(N)c23)CC1. The molecule has 1 saturated carbocycles. The molecule has 2 aromatic carbocycles. The second-order valence-corrected chi connectivity index (χ2v) is 8.52. The Balaban J connectivity index is 1.59. The number of hydrogen-bond acceptors (Lipinski definition) is 5. The summed E-state index contributed by atoms with van der Waals surface area (Å²) >= 11 is 0. The number of fused-ring (bicyclic) bond motifs is 1. The number of rotatable bonds is 4. The van der Waals surface area contributed by atoms with Crippen LogP contribution >= 0.6 is 0 Å². The van der Waals surface area contributed by atoms with Crippen LogP contribution in [0.15, 0.2) is 47.5 Å². The summed E-state index contributed by atoms with van der Waals surface area (Å²) in [6.07, 6.45) is -1.56. The number of nitrogens with two attached hydrogens (primary N) is 1. The zero-order valence-electron chi connectivity index (χ0n) is 18.5. The van der Waals surface area contributed by atoms with Gasteiger partial charge in [-0.05, 0) is 73.7 Å². The maximum atomic E-state index is 13.2. The Hall–Kier alpha value is -3.29. The molecule has 0 spiro atoms. The number of anilines is 2. The van der Waals surface area contributed by atoms with E-state index in [1.165, 1.54) is 0 Å². The monoisotopic (exact) mass is 455 g/mol. The highest BCUT2D eigenvalue weighted by atomic mass is 19.4. The van der Waals surface area contributed by atoms with Crippen molar-refractivity contribution in [2.45, 2.75) is 50.7 Å². The van der Waals surface area contributed by atoms with Gasteiger partial charge in [-0.2, -0.15) is 13.2 Å². The van der Waals surface area contributed by atoms with Crippen LogP contribution in [0.5, 0.6) is 0 Å². The van der Waals surface area contributed by atoms with E-state index in [0.29, 0.717) is 10.9 Å². The van der Waals surface area contributed by atoms with E-state index in [1.54, 1.807) is 25.2 Å². The quantitative estimate of drug-likeness (QED) is 0.427. The fraction of sp³-hybridized carbons (Fsp3) is 0.360. The lowest BCUT2D eigenvalue weighted by Gasteiger charge is -2.30. The molecule has 0 aliphatic heterocycles. The third-order valence-electron chi connectivity index (χ3n) is 6.39. The van der Waals surface area contributed by atoms with Crippen molar-refractivity contribution in [1.82, 2.24) is 4.98 Å². The van der Waals surface area contributed by atoms with E-state index in [-0.39, 0.29) is 29.1 Å². The van der Waals surface area contributed by atoms with Gasteiger partial charge in [0, 0.05) is 35.4 Å². The molecule has 0 saturated heterocycles. The molecule has 1 aliphatic carbocycles. The molecule has 0 unspecified atom stereocenters. The largest absolute Gasteiger partial charge is 0.858 e. The Bertz CT molecular complexity index is 1200. The van der Waals surface area contributed by atoms with Gasteiger partial charge in [-0.1, -0.05) is 24.3 Å². The van der Waals surface area contributed by atoms with Gasteiger partial charge in [0.15, 0.2) is 0 Å². The van der Waals surface area contributed by atoms with E-state index >= 15 is 0 Å². The highest BCUT2D eigenvalue weighted by molar-refractivity contribution is 5.97. The Morgan fingerprint density at radius 3 is 2.48 bits per heavy atom. The lowest BCUT2D eigenvalue weighted by Crippen LogP contribution is -2.25. The lowest BCUT2D eigenvalue weighted by molar-refractivity contribution is -0.213. The van der Waals surface area contributed by atoms with Crippen molar-refractivity contribution in [2.24, 2.45) is 4.99 Å². The fourth-order valence-corrected chi connectivity index (χ4v) is 4.78. The number of nitrogens with one attached hydrogen (secondary N) is 1. The van der Waals surface area contributed by atoms with Crippen LogP contribution in [-0.4, -0.2) is 24.0 Å². The van der Waals surface area contributed by atoms with Crippen molar-refractivity contribution in [1.29, 1.82) is 0 Å². The van der Waals surface area contributed by atoms with Crippen molar-refractivity contribution >= 4 is 28.2 Å². The summed E-state index contributed by atoms with van der Waals surface area (Å²) in [4.78, 5) is 8.28. The predicted octanol–water partition coefficient (Wildman–Crippen LogP) is 5.02. The van der Waals surface area contributed by atoms with Crippen LogP contribution in [0.1, 0.15) is 54.0 Å². The molecule has 4 rings (SSSR count). The van der Waals surface area contributed by atoms with E-state index < -0.39 is 11.9 Å². The van der Waals surface area contributed by atoms with E-state index in [1.807, 2.05) is 25.1 Å². The maximum absolute atomic E-state index is 13.2. The molecule has 174 valence electrons. The number of nitrogens with zero attached hydrogens (tertiary/aromatic N) is 2. The second kappa shape index (κ2) is 8.92. The van der Waals surface area contributed by atoms with Crippen molar-refractivity contribution in [2.75, 3.05) is 18.1 Å². The molecule has 1 heterocycles. The van der Waals surface area contributed by atoms with Gasteiger partial charge in [-0.15, -0.1) is 0 Å². The van der Waals surface area contributed by atoms with Crippen molar-refractivity contribution in [3.8, 4) is 0 Å². The molecule has 3 aromatic rings. The van der Waals surface area contributed by atoms with Crippen LogP contribution in [0.25, 0.3) is 10.9 Å². The Morgan fingerprint density at radius 2 is 1.82 bits per heavy atom. The van der Waals surface area contributed by atoms with Crippen LogP contribution in [-0.2, 0) is 6.18 Å². The zero-order chi connectivity index (χ0) is 23.8. The highest BCUT2D eigenvalue weighted by Gasteiger charge is 2.34. The first-order valence-electron chi connectivity index (χ1n) is 11.0. The molecule has 0 atom stereocenters. The summed E-state index contributed by atoms with van der Waals surface area (Å²) in [5.41, 5.74) is 8.70. The number of aromatic nitrogens is 1. The zero-order valence-corrected chi connectivity index (χ0v) is 18.5. The minimum absolute atomic E-state index is 0.0822. The first kappa shape index (κ1) is 22.9. The van der Waals surface area contributed by atoms with Gasteiger partial charge in [0.05, 0.1) is 5.52 Å². The van der Waals surface area contributed by atoms with Crippen molar-refractivity contribution in [3.63, 3.8) is 0 Å². The summed E-state index contributed by atoms with van der Waals surface area (Å²) < 4.78 is 39.6. The smallest absolute Gasteiger partial charge is 0.433 e. The Morgan fingerprint density at radius 1 is 1.12 bits per heavy atom. The van der Waals surface area contributed by atoms with E-state index in [9.17, 15) is 18.3 Å². The van der Waals surface area contributed by atoms with Gasteiger partial charge in [-0.3, -0.25) is 4.99 Å². The van der Waals surface area contributed by atoms with Crippen LogP contribution in [0.3, 0.4) is 0 Å². The normalized spacial score (nSPS) is 19.6. The third-order valence-corrected chi connectivity index (χ3v) is 6.39. The summed E-state index contributed by atoms with van der Waals surface area (Å²) in [5.74, 6) is -0.112. The molecule has 5 nitrogen and oxygen atoms in total. The maximum Gasteiger partial charge on any atom is 0.433 e. The van der Waals surface area contributed by atoms with E-state index in [4.69, 9.17) is 5.73 Å². The predicted molar refractivity (Wildman–Crippen MR) is 123 cm³/mol. The van der Waals surface area contributed by atoms with Crippen LogP contribution in [0.4, 0.5) is 24.5 Å². The average molecular weight is 456 g/mol. The van der Waals surface area contributed by atoms with Gasteiger partial charge < -0.3 is 16.2 Å². The number of alkyl halides is 3. The van der Waals surface area contributed by atoms with Gasteiger partial charge >= 0.3 is 6.18 Å². The summed E-state index contributed by atoms with van der Waals surface area (Å²) in [5, 5.41) is 16.3. The lowest BCUT2D eigenvalue weighted by atomic mass is 9.78. The van der Waals surface area contributed by atoms with Gasteiger partial charge in [0.1, 0.15) is 5.69 Å².